The Morgan fingerprint density at radius 2 is 1.72 bits per heavy atom. The van der Waals surface area contributed by atoms with Gasteiger partial charge in [-0.1, -0.05) is 35.3 Å². The Bertz CT molecular complexity index is 952. The second-order valence-corrected chi connectivity index (χ2v) is 6.95. The first-order chi connectivity index (χ1) is 11.9. The molecule has 4 nitrogen and oxygen atoms in total. The molecule has 1 N–H and O–H groups in total. The maximum atomic E-state index is 12.3. The highest BCUT2D eigenvalue weighted by Crippen LogP contribution is 2.32. The van der Waals surface area contributed by atoms with Gasteiger partial charge in [0.15, 0.2) is 10.9 Å². The van der Waals surface area contributed by atoms with Crippen LogP contribution in [0.15, 0.2) is 47.8 Å². The number of nitrogens with one attached hydrogen (secondary N) is 1. The fourth-order valence-electron chi connectivity index (χ4n) is 2.18. The number of amides is 1. The Balaban J connectivity index is 1.76. The number of benzene rings is 2. The zero-order valence-electron chi connectivity index (χ0n) is 13.0. The average molecular weight is 391 g/mol. The zero-order chi connectivity index (χ0) is 18.0. The molecular formula is C18H12Cl2N2O2S. The van der Waals surface area contributed by atoms with Crippen LogP contribution in [-0.2, 0) is 0 Å². The molecule has 0 fully saturated rings. The maximum absolute atomic E-state index is 12.3. The number of ketones is 1. The van der Waals surface area contributed by atoms with E-state index in [0.29, 0.717) is 32.0 Å². The van der Waals surface area contributed by atoms with Crippen LogP contribution in [-0.4, -0.2) is 16.7 Å². The van der Waals surface area contributed by atoms with Gasteiger partial charge < -0.3 is 0 Å². The Morgan fingerprint density at radius 3 is 2.36 bits per heavy atom. The number of carbonyl (C=O) groups excluding carboxylic acids is 2. The van der Waals surface area contributed by atoms with Crippen molar-refractivity contribution in [1.29, 1.82) is 0 Å². The summed E-state index contributed by atoms with van der Waals surface area (Å²) in [5.41, 5.74) is 2.42. The van der Waals surface area contributed by atoms with Crippen molar-refractivity contribution < 1.29 is 9.59 Å². The van der Waals surface area contributed by atoms with Crippen molar-refractivity contribution in [3.8, 4) is 11.3 Å². The fraction of sp³-hybridized carbons (Fsp3) is 0.0556. The predicted molar refractivity (Wildman–Crippen MR) is 102 cm³/mol. The number of nitrogens with zero attached hydrogens (tertiary/aromatic N) is 1. The van der Waals surface area contributed by atoms with Crippen LogP contribution in [0.3, 0.4) is 0 Å². The first kappa shape index (κ1) is 17.6. The Labute approximate surface area is 158 Å². The van der Waals surface area contributed by atoms with Gasteiger partial charge in [0.2, 0.25) is 0 Å². The highest BCUT2D eigenvalue weighted by molar-refractivity contribution is 7.14. The van der Waals surface area contributed by atoms with Gasteiger partial charge in [0.1, 0.15) is 0 Å². The fourth-order valence-corrected chi connectivity index (χ4v) is 3.39. The van der Waals surface area contributed by atoms with E-state index in [1.54, 1.807) is 42.5 Å². The quantitative estimate of drug-likeness (QED) is 0.592. The summed E-state index contributed by atoms with van der Waals surface area (Å²) in [6.45, 7) is 1.48. The number of rotatable bonds is 4. The Morgan fingerprint density at radius 1 is 1.04 bits per heavy atom. The number of thiazole rings is 1. The molecule has 0 radical (unpaired) electrons. The van der Waals surface area contributed by atoms with Crippen LogP contribution in [0, 0.1) is 0 Å². The minimum atomic E-state index is -0.293. The lowest BCUT2D eigenvalue weighted by molar-refractivity contribution is 0.100. The molecule has 0 atom stereocenters. The lowest BCUT2D eigenvalue weighted by atomic mass is 10.1. The third-order valence-corrected chi connectivity index (χ3v) is 4.79. The van der Waals surface area contributed by atoms with Gasteiger partial charge >= 0.3 is 0 Å². The molecule has 0 aliphatic rings. The Kier molecular flexibility index (Phi) is 5.18. The standard InChI is InChI=1S/C18H12Cl2N2O2S/c1-10(23)11-2-4-12(5-3-11)17(24)22-18-21-16(9-25-18)14-7-6-13(19)8-15(14)20/h2-9H,1H3,(H,21,22,24). The molecule has 0 saturated heterocycles. The molecule has 2 aromatic carbocycles. The molecule has 3 rings (SSSR count). The Hall–Kier alpha value is -2.21. The third kappa shape index (κ3) is 4.07. The summed E-state index contributed by atoms with van der Waals surface area (Å²) in [6, 6.07) is 11.6. The third-order valence-electron chi connectivity index (χ3n) is 3.49. The number of Topliss-reactive ketones (excluding diaryl/α,β-unsaturated/α-hetero) is 1. The summed E-state index contributed by atoms with van der Waals surface area (Å²) in [5, 5.41) is 6.05. The minimum Gasteiger partial charge on any atom is -0.298 e. The molecule has 1 amide bonds. The molecule has 1 aromatic heterocycles. The summed E-state index contributed by atoms with van der Waals surface area (Å²) < 4.78 is 0. The topological polar surface area (TPSA) is 59.1 Å². The van der Waals surface area contributed by atoms with Crippen LogP contribution in [0.2, 0.25) is 10.0 Å². The number of halogens is 2. The molecule has 7 heteroatoms. The van der Waals surface area contributed by atoms with Crippen LogP contribution in [0.5, 0.6) is 0 Å². The maximum Gasteiger partial charge on any atom is 0.257 e. The summed E-state index contributed by atoms with van der Waals surface area (Å²) in [5.74, 6) is -0.338. The molecule has 25 heavy (non-hydrogen) atoms. The molecule has 0 aliphatic heterocycles. The van der Waals surface area contributed by atoms with E-state index >= 15 is 0 Å². The monoisotopic (exact) mass is 390 g/mol. The van der Waals surface area contributed by atoms with Gasteiger partial charge in [-0.25, -0.2) is 4.98 Å². The molecule has 126 valence electrons. The van der Waals surface area contributed by atoms with E-state index in [9.17, 15) is 9.59 Å². The van der Waals surface area contributed by atoms with Gasteiger partial charge in [-0.3, -0.25) is 14.9 Å². The number of carbonyl (C=O) groups is 2. The first-order valence-electron chi connectivity index (χ1n) is 7.27. The molecule has 0 aliphatic carbocycles. The van der Waals surface area contributed by atoms with Gasteiger partial charge in [-0.05, 0) is 37.3 Å². The molecule has 0 unspecified atom stereocenters. The minimum absolute atomic E-state index is 0.0450. The summed E-state index contributed by atoms with van der Waals surface area (Å²) in [7, 11) is 0. The van der Waals surface area contributed by atoms with Gasteiger partial charge in [0.25, 0.3) is 5.91 Å². The lowest BCUT2D eigenvalue weighted by Gasteiger charge is -2.03. The van der Waals surface area contributed by atoms with Crippen molar-refractivity contribution >= 4 is 51.4 Å². The van der Waals surface area contributed by atoms with Crippen molar-refractivity contribution in [2.24, 2.45) is 0 Å². The van der Waals surface area contributed by atoms with Crippen LogP contribution in [0.25, 0.3) is 11.3 Å². The lowest BCUT2D eigenvalue weighted by Crippen LogP contribution is -2.11. The van der Waals surface area contributed by atoms with E-state index < -0.39 is 0 Å². The van der Waals surface area contributed by atoms with Crippen LogP contribution in [0.4, 0.5) is 5.13 Å². The highest BCUT2D eigenvalue weighted by atomic mass is 35.5. The molecule has 3 aromatic rings. The number of anilines is 1. The van der Waals surface area contributed by atoms with Gasteiger partial charge in [-0.15, -0.1) is 11.3 Å². The smallest absolute Gasteiger partial charge is 0.257 e. The van der Waals surface area contributed by atoms with Crippen molar-refractivity contribution in [3.63, 3.8) is 0 Å². The van der Waals surface area contributed by atoms with E-state index in [2.05, 4.69) is 10.3 Å². The number of hydrogen-bond acceptors (Lipinski definition) is 4. The van der Waals surface area contributed by atoms with Crippen molar-refractivity contribution in [2.45, 2.75) is 6.92 Å². The van der Waals surface area contributed by atoms with Crippen LogP contribution < -0.4 is 5.32 Å². The molecule has 0 spiro atoms. The zero-order valence-corrected chi connectivity index (χ0v) is 15.4. The predicted octanol–water partition coefficient (Wildman–Crippen LogP) is 5.57. The molecule has 1 heterocycles. The normalized spacial score (nSPS) is 10.5. The van der Waals surface area contributed by atoms with Crippen molar-refractivity contribution in [1.82, 2.24) is 4.98 Å². The first-order valence-corrected chi connectivity index (χ1v) is 8.91. The summed E-state index contributed by atoms with van der Waals surface area (Å²) in [4.78, 5) is 27.9. The SMILES string of the molecule is CC(=O)c1ccc(C(=O)Nc2nc(-c3ccc(Cl)cc3Cl)cs2)cc1. The number of aromatic nitrogens is 1. The summed E-state index contributed by atoms with van der Waals surface area (Å²) >= 11 is 13.4. The number of hydrogen-bond donors (Lipinski definition) is 1. The molecule has 0 saturated carbocycles. The second kappa shape index (κ2) is 7.35. The van der Waals surface area contributed by atoms with E-state index in [1.165, 1.54) is 18.3 Å². The van der Waals surface area contributed by atoms with E-state index in [1.807, 2.05) is 5.38 Å². The second-order valence-electron chi connectivity index (χ2n) is 5.25. The van der Waals surface area contributed by atoms with Gasteiger partial charge in [0.05, 0.1) is 10.7 Å². The van der Waals surface area contributed by atoms with E-state index in [4.69, 9.17) is 23.2 Å². The largest absolute Gasteiger partial charge is 0.298 e. The molecule has 0 bridgehead atoms. The summed E-state index contributed by atoms with van der Waals surface area (Å²) in [6.07, 6.45) is 0. The van der Waals surface area contributed by atoms with E-state index in [-0.39, 0.29) is 11.7 Å². The molecular weight excluding hydrogens is 379 g/mol. The van der Waals surface area contributed by atoms with Gasteiger partial charge in [0, 0.05) is 27.1 Å². The van der Waals surface area contributed by atoms with Crippen molar-refractivity contribution in [2.75, 3.05) is 5.32 Å². The van der Waals surface area contributed by atoms with Crippen molar-refractivity contribution in [3.05, 3.63) is 69.0 Å². The van der Waals surface area contributed by atoms with E-state index in [0.717, 1.165) is 5.56 Å². The van der Waals surface area contributed by atoms with Gasteiger partial charge in [-0.2, -0.15) is 0 Å². The highest BCUT2D eigenvalue weighted by Gasteiger charge is 2.12. The van der Waals surface area contributed by atoms with Crippen LogP contribution >= 0.6 is 34.5 Å². The average Bonchev–Trinajstić information content (AvgIpc) is 3.03. The van der Waals surface area contributed by atoms with Crippen LogP contribution in [0.1, 0.15) is 27.6 Å².